The zero-order valence-corrected chi connectivity index (χ0v) is 23.0. The van der Waals surface area contributed by atoms with Gasteiger partial charge < -0.3 is 59.1 Å². The monoisotopic (exact) mass is 576 g/mol. The third-order valence-electron chi connectivity index (χ3n) is 9.28. The van der Waals surface area contributed by atoms with Crippen molar-refractivity contribution in [3.05, 3.63) is 0 Å². The van der Waals surface area contributed by atoms with Gasteiger partial charge in [-0.1, -0.05) is 19.8 Å². The lowest BCUT2D eigenvalue weighted by Crippen LogP contribution is -2.64. The molecule has 0 aromatic heterocycles. The molecule has 0 bridgehead atoms. The number of hydrogen-bond donors (Lipinski definition) is 6. The molecular weight excluding hydrogens is 532 g/mol. The van der Waals surface area contributed by atoms with Crippen LogP contribution in [0.15, 0.2) is 0 Å². The number of aliphatic hydroxyl groups is 5. The van der Waals surface area contributed by atoms with Gasteiger partial charge in [0.25, 0.3) is 0 Å². The average Bonchev–Trinajstić information content (AvgIpc) is 3.70. The Hall–Kier alpha value is -0.970. The number of carboxylic acid groups (broad SMARTS) is 1. The summed E-state index contributed by atoms with van der Waals surface area (Å²) >= 11 is 0. The highest BCUT2D eigenvalue weighted by atomic mass is 16.7. The minimum absolute atomic E-state index is 0.0214. The van der Waals surface area contributed by atoms with Crippen molar-refractivity contribution >= 4 is 5.97 Å². The van der Waals surface area contributed by atoms with Gasteiger partial charge in [0.2, 0.25) is 0 Å². The highest BCUT2D eigenvalue weighted by Gasteiger charge is 2.57. The summed E-state index contributed by atoms with van der Waals surface area (Å²) in [6, 6.07) is 0. The van der Waals surface area contributed by atoms with Crippen LogP contribution in [-0.2, 0) is 33.2 Å². The van der Waals surface area contributed by atoms with Gasteiger partial charge in [0.05, 0.1) is 30.5 Å². The molecule has 14 atom stereocenters. The first-order valence-electron chi connectivity index (χ1n) is 14.6. The molecule has 3 aliphatic heterocycles. The molecule has 0 radical (unpaired) electrons. The van der Waals surface area contributed by atoms with E-state index in [-0.39, 0.29) is 12.3 Å². The van der Waals surface area contributed by atoms with E-state index < -0.39 is 97.9 Å². The zero-order chi connectivity index (χ0) is 28.8. The fraction of sp³-hybridized carbons (Fsp3) is 0.963. The van der Waals surface area contributed by atoms with E-state index in [4.69, 9.17) is 28.4 Å². The average molecular weight is 577 g/mol. The van der Waals surface area contributed by atoms with Gasteiger partial charge in [0.15, 0.2) is 18.7 Å². The molecule has 40 heavy (non-hydrogen) atoms. The maximum absolute atomic E-state index is 11.9. The van der Waals surface area contributed by atoms with Gasteiger partial charge in [-0.05, 0) is 51.4 Å². The molecule has 230 valence electrons. The van der Waals surface area contributed by atoms with Gasteiger partial charge in [0.1, 0.15) is 42.7 Å². The SMILES string of the molecule is CCC1CCCC(OC2OC(CO)C(O)C3OC(C(=O)O)CCC4(CC4)OC23)C1OC1OC(C)C(O)C(O)C1O. The zero-order valence-electron chi connectivity index (χ0n) is 23.0. The van der Waals surface area contributed by atoms with Crippen molar-refractivity contribution in [2.24, 2.45) is 5.92 Å². The molecule has 3 heterocycles. The van der Waals surface area contributed by atoms with Crippen LogP contribution in [0.2, 0.25) is 0 Å². The number of ether oxygens (including phenoxy) is 6. The Morgan fingerprint density at radius 3 is 2.27 bits per heavy atom. The molecule has 5 aliphatic rings. The predicted octanol–water partition coefficient (Wildman–Crippen LogP) is -0.577. The highest BCUT2D eigenvalue weighted by Crippen LogP contribution is 2.49. The lowest BCUT2D eigenvalue weighted by Gasteiger charge is -2.49. The first kappa shape index (κ1) is 30.5. The summed E-state index contributed by atoms with van der Waals surface area (Å²) in [7, 11) is 0. The highest BCUT2D eigenvalue weighted by molar-refractivity contribution is 5.72. The number of fused-ring (bicyclic) bond motifs is 1. The number of rotatable bonds is 7. The summed E-state index contributed by atoms with van der Waals surface area (Å²) in [5, 5.41) is 61.7. The molecule has 6 N–H and O–H groups in total. The van der Waals surface area contributed by atoms with Crippen LogP contribution in [0, 0.1) is 5.92 Å². The van der Waals surface area contributed by atoms with Crippen LogP contribution < -0.4 is 0 Å². The van der Waals surface area contributed by atoms with Crippen molar-refractivity contribution in [1.29, 1.82) is 0 Å². The van der Waals surface area contributed by atoms with Crippen molar-refractivity contribution in [2.75, 3.05) is 6.61 Å². The van der Waals surface area contributed by atoms with E-state index in [0.717, 1.165) is 32.1 Å². The number of hydrogen-bond acceptors (Lipinski definition) is 12. The normalized spacial score (nSPS) is 49.1. The topological polar surface area (TPSA) is 194 Å². The smallest absolute Gasteiger partial charge is 0.332 e. The van der Waals surface area contributed by atoms with Crippen LogP contribution in [0.25, 0.3) is 0 Å². The minimum atomic E-state index is -1.47. The van der Waals surface area contributed by atoms with Crippen LogP contribution in [0.4, 0.5) is 0 Å². The van der Waals surface area contributed by atoms with E-state index in [0.29, 0.717) is 12.8 Å². The summed E-state index contributed by atoms with van der Waals surface area (Å²) in [5.74, 6) is -1.11. The van der Waals surface area contributed by atoms with Gasteiger partial charge in [0, 0.05) is 0 Å². The Labute approximate surface area is 233 Å². The van der Waals surface area contributed by atoms with Gasteiger partial charge in [-0.25, -0.2) is 4.79 Å². The molecule has 5 fully saturated rings. The summed E-state index contributed by atoms with van der Waals surface area (Å²) in [6.45, 7) is 3.06. The molecule has 2 aliphatic carbocycles. The number of aliphatic carboxylic acids is 1. The summed E-state index contributed by atoms with van der Waals surface area (Å²) in [4.78, 5) is 11.9. The number of carbonyl (C=O) groups is 1. The Morgan fingerprint density at radius 1 is 0.875 bits per heavy atom. The van der Waals surface area contributed by atoms with Gasteiger partial charge in [-0.2, -0.15) is 0 Å². The molecule has 0 aromatic rings. The standard InChI is InChI=1S/C27H44O13/c1-3-13-5-4-6-14(21(13)39-25-20(32)19(31)17(29)12(2)35-25)37-26-23-22(18(30)16(11-28)38-26)36-15(24(33)34)7-8-27(40-23)9-10-27/h12-23,25-26,28-32H,3-11H2,1-2H3,(H,33,34). The minimum Gasteiger partial charge on any atom is -0.479 e. The quantitative estimate of drug-likeness (QED) is 0.226. The second-order valence-electron chi connectivity index (χ2n) is 12.0. The Bertz CT molecular complexity index is 869. The predicted molar refractivity (Wildman–Crippen MR) is 134 cm³/mol. The molecule has 0 aromatic carbocycles. The second-order valence-corrected chi connectivity index (χ2v) is 12.0. The van der Waals surface area contributed by atoms with Crippen molar-refractivity contribution in [1.82, 2.24) is 0 Å². The molecule has 1 spiro atoms. The molecular formula is C27H44O13. The molecule has 14 unspecified atom stereocenters. The van der Waals surface area contributed by atoms with Crippen molar-refractivity contribution in [3.8, 4) is 0 Å². The lowest BCUT2D eigenvalue weighted by atomic mass is 9.82. The molecule has 13 heteroatoms. The van der Waals surface area contributed by atoms with Gasteiger partial charge in [-0.15, -0.1) is 0 Å². The van der Waals surface area contributed by atoms with Crippen LogP contribution in [0.5, 0.6) is 0 Å². The van der Waals surface area contributed by atoms with Crippen LogP contribution in [-0.4, -0.2) is 129 Å². The Morgan fingerprint density at radius 2 is 1.62 bits per heavy atom. The van der Waals surface area contributed by atoms with E-state index >= 15 is 0 Å². The van der Waals surface area contributed by atoms with Crippen LogP contribution >= 0.6 is 0 Å². The van der Waals surface area contributed by atoms with E-state index in [9.17, 15) is 35.4 Å². The molecule has 5 rings (SSSR count). The molecule has 0 amide bonds. The van der Waals surface area contributed by atoms with E-state index in [1.165, 1.54) is 0 Å². The Kier molecular flexibility index (Phi) is 9.40. The summed E-state index contributed by atoms with van der Waals surface area (Å²) in [6.07, 6.45) is -8.87. The molecule has 2 saturated carbocycles. The first-order chi connectivity index (χ1) is 19.1. The van der Waals surface area contributed by atoms with E-state index in [1.807, 2.05) is 6.92 Å². The maximum Gasteiger partial charge on any atom is 0.332 e. The molecule has 3 saturated heterocycles. The maximum atomic E-state index is 11.9. The third-order valence-corrected chi connectivity index (χ3v) is 9.28. The third kappa shape index (κ3) is 6.06. The molecule has 13 nitrogen and oxygen atoms in total. The van der Waals surface area contributed by atoms with Gasteiger partial charge in [-0.3, -0.25) is 0 Å². The fourth-order valence-corrected chi connectivity index (χ4v) is 6.57. The van der Waals surface area contributed by atoms with Crippen LogP contribution in [0.1, 0.15) is 65.2 Å². The van der Waals surface area contributed by atoms with E-state index in [1.54, 1.807) is 6.92 Å². The Balaban J connectivity index is 1.39. The summed E-state index contributed by atoms with van der Waals surface area (Å²) in [5.41, 5.74) is -0.543. The first-order valence-corrected chi connectivity index (χ1v) is 14.6. The van der Waals surface area contributed by atoms with E-state index in [2.05, 4.69) is 0 Å². The lowest BCUT2D eigenvalue weighted by molar-refractivity contribution is -0.360. The number of aliphatic hydroxyl groups excluding tert-OH is 5. The second kappa shape index (κ2) is 12.3. The van der Waals surface area contributed by atoms with Crippen molar-refractivity contribution in [3.63, 3.8) is 0 Å². The van der Waals surface area contributed by atoms with Crippen molar-refractivity contribution < 1.29 is 63.9 Å². The fourth-order valence-electron chi connectivity index (χ4n) is 6.57. The largest absolute Gasteiger partial charge is 0.479 e. The van der Waals surface area contributed by atoms with Gasteiger partial charge >= 0.3 is 5.97 Å². The van der Waals surface area contributed by atoms with Crippen LogP contribution in [0.3, 0.4) is 0 Å². The van der Waals surface area contributed by atoms with Crippen molar-refractivity contribution in [2.45, 2.75) is 151 Å². The summed E-state index contributed by atoms with van der Waals surface area (Å²) < 4.78 is 36.9. The number of carboxylic acids is 1.